The van der Waals surface area contributed by atoms with Crippen LogP contribution in [0, 0.1) is 0 Å². The standard InChI is InChI=1S/C9H10N2OS/c10-9(13)8-5-11-6-3-1-2-4-7(6)12-8/h1-4,8,11H,5H2,(H2,10,13)/t8-/m0/s1. The number of hydrogen-bond donors (Lipinski definition) is 2. The lowest BCUT2D eigenvalue weighted by atomic mass is 10.2. The lowest BCUT2D eigenvalue weighted by molar-refractivity contribution is 0.271. The highest BCUT2D eigenvalue weighted by atomic mass is 32.1. The number of thiocarbonyl (C=S) groups is 1. The minimum absolute atomic E-state index is 0.190. The summed E-state index contributed by atoms with van der Waals surface area (Å²) in [6.07, 6.45) is -0.190. The summed E-state index contributed by atoms with van der Waals surface area (Å²) < 4.78 is 5.56. The highest BCUT2D eigenvalue weighted by Gasteiger charge is 2.20. The van der Waals surface area contributed by atoms with Gasteiger partial charge in [0.05, 0.1) is 12.2 Å². The van der Waals surface area contributed by atoms with Crippen LogP contribution in [0.3, 0.4) is 0 Å². The number of hydrogen-bond acceptors (Lipinski definition) is 3. The van der Waals surface area contributed by atoms with Crippen LogP contribution in [0.4, 0.5) is 5.69 Å². The molecule has 0 spiro atoms. The third-order valence-electron chi connectivity index (χ3n) is 1.95. The van der Waals surface area contributed by atoms with E-state index in [0.29, 0.717) is 11.5 Å². The maximum atomic E-state index is 5.56. The van der Waals surface area contributed by atoms with Crippen LogP contribution in [0.25, 0.3) is 0 Å². The molecule has 3 nitrogen and oxygen atoms in total. The van der Waals surface area contributed by atoms with Gasteiger partial charge < -0.3 is 15.8 Å². The van der Waals surface area contributed by atoms with E-state index in [1.165, 1.54) is 0 Å². The number of para-hydroxylation sites is 2. The monoisotopic (exact) mass is 194 g/mol. The number of ether oxygens (including phenoxy) is 1. The van der Waals surface area contributed by atoms with Gasteiger partial charge in [0, 0.05) is 0 Å². The SMILES string of the molecule is NC(=S)[C@@H]1CNc2ccccc2O1. The molecule has 0 radical (unpaired) electrons. The molecule has 0 unspecified atom stereocenters. The first-order chi connectivity index (χ1) is 6.27. The second-order valence-corrected chi connectivity index (χ2v) is 3.36. The van der Waals surface area contributed by atoms with E-state index in [2.05, 4.69) is 5.32 Å². The van der Waals surface area contributed by atoms with Crippen LogP contribution in [0.2, 0.25) is 0 Å². The van der Waals surface area contributed by atoms with Gasteiger partial charge in [-0.25, -0.2) is 0 Å². The van der Waals surface area contributed by atoms with E-state index < -0.39 is 0 Å². The van der Waals surface area contributed by atoms with Crippen molar-refractivity contribution in [2.24, 2.45) is 5.73 Å². The lowest BCUT2D eigenvalue weighted by Crippen LogP contribution is -2.40. The molecular formula is C9H10N2OS. The number of rotatable bonds is 1. The molecule has 1 aliphatic heterocycles. The van der Waals surface area contributed by atoms with E-state index in [1.807, 2.05) is 24.3 Å². The van der Waals surface area contributed by atoms with Gasteiger partial charge in [-0.05, 0) is 12.1 Å². The third kappa shape index (κ3) is 1.58. The van der Waals surface area contributed by atoms with E-state index in [1.54, 1.807) is 0 Å². The van der Waals surface area contributed by atoms with Gasteiger partial charge in [-0.1, -0.05) is 24.4 Å². The molecule has 1 aromatic rings. The molecule has 1 aromatic carbocycles. The van der Waals surface area contributed by atoms with Crippen molar-refractivity contribution in [1.82, 2.24) is 0 Å². The summed E-state index contributed by atoms with van der Waals surface area (Å²) in [7, 11) is 0. The molecule has 4 heteroatoms. The van der Waals surface area contributed by atoms with E-state index in [4.69, 9.17) is 22.7 Å². The van der Waals surface area contributed by atoms with E-state index in [9.17, 15) is 0 Å². The van der Waals surface area contributed by atoms with E-state index in [0.717, 1.165) is 11.4 Å². The zero-order chi connectivity index (χ0) is 9.26. The van der Waals surface area contributed by atoms with E-state index >= 15 is 0 Å². The van der Waals surface area contributed by atoms with Gasteiger partial charge in [-0.2, -0.15) is 0 Å². The Morgan fingerprint density at radius 1 is 1.54 bits per heavy atom. The normalized spacial score (nSPS) is 19.5. The maximum Gasteiger partial charge on any atom is 0.165 e. The summed E-state index contributed by atoms with van der Waals surface area (Å²) >= 11 is 4.86. The van der Waals surface area contributed by atoms with Crippen molar-refractivity contribution in [1.29, 1.82) is 0 Å². The summed E-state index contributed by atoms with van der Waals surface area (Å²) in [6, 6.07) is 7.73. The topological polar surface area (TPSA) is 47.3 Å². The Labute approximate surface area is 81.9 Å². The minimum Gasteiger partial charge on any atom is -0.479 e. The molecular weight excluding hydrogens is 184 g/mol. The maximum absolute atomic E-state index is 5.56. The Morgan fingerprint density at radius 3 is 3.08 bits per heavy atom. The van der Waals surface area contributed by atoms with Crippen LogP contribution in [-0.2, 0) is 0 Å². The van der Waals surface area contributed by atoms with Crippen molar-refractivity contribution in [3.63, 3.8) is 0 Å². The number of anilines is 1. The Kier molecular flexibility index (Phi) is 2.06. The van der Waals surface area contributed by atoms with Crippen LogP contribution >= 0.6 is 12.2 Å². The van der Waals surface area contributed by atoms with Crippen molar-refractivity contribution in [2.75, 3.05) is 11.9 Å². The zero-order valence-corrected chi connectivity index (χ0v) is 7.80. The van der Waals surface area contributed by atoms with Gasteiger partial charge in [0.1, 0.15) is 10.7 Å². The van der Waals surface area contributed by atoms with Crippen LogP contribution in [0.5, 0.6) is 5.75 Å². The summed E-state index contributed by atoms with van der Waals surface area (Å²) in [5.74, 6) is 0.812. The predicted molar refractivity (Wildman–Crippen MR) is 56.1 cm³/mol. The summed E-state index contributed by atoms with van der Waals surface area (Å²) in [6.45, 7) is 0.645. The van der Waals surface area contributed by atoms with Gasteiger partial charge in [0.25, 0.3) is 0 Å². The van der Waals surface area contributed by atoms with Crippen LogP contribution in [-0.4, -0.2) is 17.6 Å². The average molecular weight is 194 g/mol. The first-order valence-corrected chi connectivity index (χ1v) is 4.47. The Morgan fingerprint density at radius 2 is 2.31 bits per heavy atom. The number of benzene rings is 1. The highest BCUT2D eigenvalue weighted by Crippen LogP contribution is 2.27. The molecule has 0 amide bonds. The molecule has 0 bridgehead atoms. The molecule has 0 aliphatic carbocycles. The lowest BCUT2D eigenvalue weighted by Gasteiger charge is -2.26. The minimum atomic E-state index is -0.190. The van der Waals surface area contributed by atoms with Gasteiger partial charge in [-0.15, -0.1) is 0 Å². The van der Waals surface area contributed by atoms with Crippen molar-refractivity contribution < 1.29 is 4.74 Å². The Bertz CT molecular complexity index is 340. The number of fused-ring (bicyclic) bond motifs is 1. The molecule has 1 heterocycles. The zero-order valence-electron chi connectivity index (χ0n) is 6.99. The molecule has 68 valence electrons. The van der Waals surface area contributed by atoms with Crippen LogP contribution in [0.15, 0.2) is 24.3 Å². The van der Waals surface area contributed by atoms with Crippen molar-refractivity contribution in [2.45, 2.75) is 6.10 Å². The fourth-order valence-corrected chi connectivity index (χ4v) is 1.40. The van der Waals surface area contributed by atoms with Gasteiger partial charge in [-0.3, -0.25) is 0 Å². The predicted octanol–water partition coefficient (Wildman–Crippen LogP) is 1.15. The Balaban J connectivity index is 2.24. The van der Waals surface area contributed by atoms with Crippen LogP contribution < -0.4 is 15.8 Å². The summed E-state index contributed by atoms with van der Waals surface area (Å²) in [4.78, 5) is 0.391. The fourth-order valence-electron chi connectivity index (χ4n) is 1.27. The quantitative estimate of drug-likeness (QED) is 0.658. The first-order valence-electron chi connectivity index (χ1n) is 4.06. The summed E-state index contributed by atoms with van der Waals surface area (Å²) in [5.41, 5.74) is 6.49. The second kappa shape index (κ2) is 3.22. The molecule has 0 aromatic heterocycles. The number of nitrogens with one attached hydrogen (secondary N) is 1. The largest absolute Gasteiger partial charge is 0.479 e. The molecule has 13 heavy (non-hydrogen) atoms. The molecule has 0 saturated carbocycles. The van der Waals surface area contributed by atoms with Gasteiger partial charge in [0.2, 0.25) is 0 Å². The highest BCUT2D eigenvalue weighted by molar-refractivity contribution is 7.80. The Hall–Kier alpha value is -1.29. The third-order valence-corrected chi connectivity index (χ3v) is 2.21. The average Bonchev–Trinajstić information content (AvgIpc) is 2.17. The molecule has 0 saturated heterocycles. The van der Waals surface area contributed by atoms with Crippen molar-refractivity contribution in [3.05, 3.63) is 24.3 Å². The van der Waals surface area contributed by atoms with Crippen LogP contribution in [0.1, 0.15) is 0 Å². The molecule has 0 fully saturated rings. The van der Waals surface area contributed by atoms with E-state index in [-0.39, 0.29) is 6.10 Å². The van der Waals surface area contributed by atoms with Gasteiger partial charge >= 0.3 is 0 Å². The smallest absolute Gasteiger partial charge is 0.165 e. The molecule has 1 aliphatic rings. The molecule has 1 atom stereocenters. The first kappa shape index (κ1) is 8.31. The van der Waals surface area contributed by atoms with Crippen molar-refractivity contribution in [3.8, 4) is 5.75 Å². The number of nitrogens with two attached hydrogens (primary N) is 1. The van der Waals surface area contributed by atoms with Crippen molar-refractivity contribution >= 4 is 22.9 Å². The van der Waals surface area contributed by atoms with Gasteiger partial charge in [0.15, 0.2) is 6.10 Å². The summed E-state index contributed by atoms with van der Waals surface area (Å²) in [5, 5.41) is 3.20. The fraction of sp³-hybridized carbons (Fsp3) is 0.222. The molecule has 2 rings (SSSR count). The molecule has 3 N–H and O–H groups in total. The second-order valence-electron chi connectivity index (χ2n) is 2.89.